The Labute approximate surface area is 177 Å². The van der Waals surface area contributed by atoms with Gasteiger partial charge in [0.2, 0.25) is 11.1 Å². The molecule has 1 amide bonds. The molecule has 0 spiro atoms. The number of hydrogen-bond donors (Lipinski definition) is 1. The molecule has 0 saturated carbocycles. The van der Waals surface area contributed by atoms with Gasteiger partial charge in [0.05, 0.1) is 10.8 Å². The number of fused-ring (bicyclic) bond motifs is 3. The number of Topliss-reactive ketones (excluding diaryl/α,β-unsaturated/α-hetero) is 1. The maximum Gasteiger partial charge on any atom is 0.237 e. The van der Waals surface area contributed by atoms with Crippen molar-refractivity contribution in [2.24, 2.45) is 7.05 Å². The van der Waals surface area contributed by atoms with Gasteiger partial charge in [-0.05, 0) is 43.7 Å². The molecule has 4 rings (SSSR count). The molecule has 30 heavy (non-hydrogen) atoms. The molecule has 4 aromatic rings. The fourth-order valence-corrected chi connectivity index (χ4v) is 4.12. The summed E-state index contributed by atoms with van der Waals surface area (Å²) in [7, 11) is 1.95. The molecule has 0 radical (unpaired) electrons. The molecule has 1 atom stereocenters. The number of aryl methyl sites for hydroxylation is 1. The average molecular weight is 420 g/mol. The van der Waals surface area contributed by atoms with Crippen molar-refractivity contribution >= 4 is 51.2 Å². The molecule has 2 heterocycles. The summed E-state index contributed by atoms with van der Waals surface area (Å²) < 4.78 is 1.99. The summed E-state index contributed by atoms with van der Waals surface area (Å²) in [5.74, 6) is -0.151. The number of hydrogen-bond acceptors (Lipinski definition) is 6. The van der Waals surface area contributed by atoms with Crippen LogP contribution in [-0.4, -0.2) is 36.7 Å². The number of nitrogens with zero attached hydrogens (tertiary/aromatic N) is 4. The smallest absolute Gasteiger partial charge is 0.237 e. The molecule has 2 aromatic heterocycles. The Bertz CT molecular complexity index is 1250. The monoisotopic (exact) mass is 419 g/mol. The van der Waals surface area contributed by atoms with E-state index in [1.54, 1.807) is 24.3 Å². The molecule has 7 nitrogen and oxygen atoms in total. The van der Waals surface area contributed by atoms with Crippen molar-refractivity contribution in [2.75, 3.05) is 5.32 Å². The zero-order valence-corrected chi connectivity index (χ0v) is 17.7. The highest BCUT2D eigenvalue weighted by Gasteiger charge is 2.21. The van der Waals surface area contributed by atoms with Gasteiger partial charge < -0.3 is 9.88 Å². The van der Waals surface area contributed by atoms with Gasteiger partial charge in [-0.3, -0.25) is 9.59 Å². The molecule has 0 aliphatic carbocycles. The van der Waals surface area contributed by atoms with Crippen molar-refractivity contribution in [1.29, 1.82) is 0 Å². The normalized spacial score (nSPS) is 12.2. The fourth-order valence-electron chi connectivity index (χ4n) is 3.30. The number of ketones is 1. The Balaban J connectivity index is 1.54. The molecule has 8 heteroatoms. The van der Waals surface area contributed by atoms with E-state index in [2.05, 4.69) is 20.5 Å². The minimum atomic E-state index is -0.369. The second-order valence-corrected chi connectivity index (χ2v) is 8.15. The number of carbonyl (C=O) groups excluding carboxylic acids is 2. The van der Waals surface area contributed by atoms with Gasteiger partial charge in [-0.25, -0.2) is 4.98 Å². The summed E-state index contributed by atoms with van der Waals surface area (Å²) in [5.41, 5.74) is 3.78. The molecule has 2 aromatic carbocycles. The molecule has 0 bridgehead atoms. The van der Waals surface area contributed by atoms with E-state index in [1.807, 2.05) is 42.8 Å². The van der Waals surface area contributed by atoms with E-state index < -0.39 is 0 Å². The predicted octanol–water partition coefficient (Wildman–Crippen LogP) is 4.23. The van der Waals surface area contributed by atoms with E-state index in [4.69, 9.17) is 0 Å². The third kappa shape index (κ3) is 3.78. The number of para-hydroxylation sites is 1. The Morgan fingerprint density at radius 2 is 1.83 bits per heavy atom. The molecule has 152 valence electrons. The minimum Gasteiger partial charge on any atom is -0.327 e. The maximum atomic E-state index is 12.8. The van der Waals surface area contributed by atoms with Crippen molar-refractivity contribution < 1.29 is 9.59 Å². The Hall–Kier alpha value is -3.26. The van der Waals surface area contributed by atoms with E-state index in [0.29, 0.717) is 22.8 Å². The van der Waals surface area contributed by atoms with Crippen molar-refractivity contribution in [1.82, 2.24) is 19.7 Å². The predicted molar refractivity (Wildman–Crippen MR) is 119 cm³/mol. The second-order valence-electron chi connectivity index (χ2n) is 6.98. The van der Waals surface area contributed by atoms with Crippen molar-refractivity contribution in [3.05, 3.63) is 54.1 Å². The fraction of sp³-hybridized carbons (Fsp3) is 0.227. The van der Waals surface area contributed by atoms with E-state index in [9.17, 15) is 9.59 Å². The van der Waals surface area contributed by atoms with Gasteiger partial charge in [-0.15, -0.1) is 10.2 Å². The van der Waals surface area contributed by atoms with Crippen molar-refractivity contribution in [2.45, 2.75) is 30.7 Å². The summed E-state index contributed by atoms with van der Waals surface area (Å²) >= 11 is 1.29. The first-order valence-corrected chi connectivity index (χ1v) is 10.5. The second kappa shape index (κ2) is 8.23. The van der Waals surface area contributed by atoms with Crippen molar-refractivity contribution in [3.63, 3.8) is 0 Å². The lowest BCUT2D eigenvalue weighted by atomic mass is 10.1. The Morgan fingerprint density at radius 3 is 2.53 bits per heavy atom. The SMILES string of the molecule is CC[C@H](Sc1nnc2c3ccccc3n(C)c2n1)C(=O)Nc1ccc(C(C)=O)cc1. The molecular formula is C22H21N5O2S. The third-order valence-corrected chi connectivity index (χ3v) is 6.17. The topological polar surface area (TPSA) is 89.8 Å². The lowest BCUT2D eigenvalue weighted by molar-refractivity contribution is -0.115. The van der Waals surface area contributed by atoms with Crippen LogP contribution in [0.4, 0.5) is 5.69 Å². The number of aromatic nitrogens is 4. The van der Waals surface area contributed by atoms with Crippen LogP contribution in [0.3, 0.4) is 0 Å². The minimum absolute atomic E-state index is 0.0109. The zero-order chi connectivity index (χ0) is 21.3. The first-order chi connectivity index (χ1) is 14.5. The highest BCUT2D eigenvalue weighted by Crippen LogP contribution is 2.28. The van der Waals surface area contributed by atoms with Crippen LogP contribution in [0.5, 0.6) is 0 Å². The maximum absolute atomic E-state index is 12.8. The third-order valence-electron chi connectivity index (χ3n) is 4.96. The molecule has 1 N–H and O–H groups in total. The zero-order valence-electron chi connectivity index (χ0n) is 16.9. The van der Waals surface area contributed by atoms with Crippen LogP contribution in [0, 0.1) is 0 Å². The van der Waals surface area contributed by atoms with Gasteiger partial charge in [-0.1, -0.05) is 36.9 Å². The molecule has 0 aliphatic heterocycles. The quantitative estimate of drug-likeness (QED) is 0.372. The Morgan fingerprint density at radius 1 is 1.10 bits per heavy atom. The number of benzene rings is 2. The number of rotatable bonds is 6. The lowest BCUT2D eigenvalue weighted by Crippen LogP contribution is -2.25. The molecule has 0 saturated heterocycles. The van der Waals surface area contributed by atoms with Crippen LogP contribution in [0.25, 0.3) is 22.1 Å². The van der Waals surface area contributed by atoms with E-state index >= 15 is 0 Å². The van der Waals surface area contributed by atoms with Gasteiger partial charge in [-0.2, -0.15) is 0 Å². The van der Waals surface area contributed by atoms with Crippen LogP contribution in [0.2, 0.25) is 0 Å². The summed E-state index contributed by atoms with van der Waals surface area (Å²) in [5, 5.41) is 12.6. The molecular weight excluding hydrogens is 398 g/mol. The van der Waals surface area contributed by atoms with Crippen LogP contribution >= 0.6 is 11.8 Å². The summed E-state index contributed by atoms with van der Waals surface area (Å²) in [6.45, 7) is 3.46. The van der Waals surface area contributed by atoms with E-state index in [-0.39, 0.29) is 16.9 Å². The average Bonchev–Trinajstić information content (AvgIpc) is 3.04. The number of nitrogens with one attached hydrogen (secondary N) is 1. The number of amides is 1. The largest absolute Gasteiger partial charge is 0.327 e. The van der Waals surface area contributed by atoms with Gasteiger partial charge in [0.25, 0.3) is 0 Å². The highest BCUT2D eigenvalue weighted by molar-refractivity contribution is 8.00. The molecule has 0 unspecified atom stereocenters. The number of thioether (sulfide) groups is 1. The number of carbonyl (C=O) groups is 2. The molecule has 0 aliphatic rings. The number of anilines is 1. The summed E-state index contributed by atoms with van der Waals surface area (Å²) in [6, 6.07) is 14.8. The van der Waals surface area contributed by atoms with E-state index in [1.165, 1.54) is 18.7 Å². The van der Waals surface area contributed by atoms with Gasteiger partial charge in [0, 0.05) is 23.7 Å². The first kappa shape index (κ1) is 20.0. The van der Waals surface area contributed by atoms with Crippen LogP contribution < -0.4 is 5.32 Å². The highest BCUT2D eigenvalue weighted by atomic mass is 32.2. The lowest BCUT2D eigenvalue weighted by Gasteiger charge is -2.13. The first-order valence-electron chi connectivity index (χ1n) is 9.64. The van der Waals surface area contributed by atoms with Gasteiger partial charge >= 0.3 is 0 Å². The van der Waals surface area contributed by atoms with Crippen LogP contribution in [0.15, 0.2) is 53.7 Å². The van der Waals surface area contributed by atoms with Crippen LogP contribution in [-0.2, 0) is 11.8 Å². The Kier molecular flexibility index (Phi) is 5.50. The van der Waals surface area contributed by atoms with Crippen molar-refractivity contribution in [3.8, 4) is 0 Å². The van der Waals surface area contributed by atoms with Gasteiger partial charge in [0.1, 0.15) is 5.52 Å². The summed E-state index contributed by atoms with van der Waals surface area (Å²) in [4.78, 5) is 28.8. The standard InChI is InChI=1S/C22H21N5O2S/c1-4-18(21(29)23-15-11-9-14(10-12-15)13(2)28)30-22-24-20-19(25-26-22)16-7-5-6-8-17(16)27(20)3/h5-12,18H,4H2,1-3H3,(H,23,29)/t18-/m0/s1. The van der Waals surface area contributed by atoms with E-state index in [0.717, 1.165) is 22.1 Å². The van der Waals surface area contributed by atoms with Crippen LogP contribution in [0.1, 0.15) is 30.6 Å². The molecule has 0 fully saturated rings. The van der Waals surface area contributed by atoms with Gasteiger partial charge in [0.15, 0.2) is 11.4 Å². The summed E-state index contributed by atoms with van der Waals surface area (Å²) in [6.07, 6.45) is 0.610.